The maximum atomic E-state index is 12.0. The average molecular weight is 275 g/mol. The normalized spacial score (nSPS) is 10.9. The van der Waals surface area contributed by atoms with Gasteiger partial charge >= 0.3 is 0 Å². The Bertz CT molecular complexity index is 578. The lowest BCUT2D eigenvalue weighted by atomic mass is 10.2. The molecule has 0 fully saturated rings. The smallest absolute Gasteiger partial charge is 0.271 e. The van der Waals surface area contributed by atoms with Crippen LogP contribution in [-0.4, -0.2) is 33.6 Å². The van der Waals surface area contributed by atoms with E-state index in [1.807, 2.05) is 29.5 Å². The van der Waals surface area contributed by atoms with E-state index in [2.05, 4.69) is 10.3 Å². The number of amides is 1. The zero-order chi connectivity index (χ0) is 14.4. The number of carbonyl (C=O) groups is 1. The van der Waals surface area contributed by atoms with Gasteiger partial charge in [0.25, 0.3) is 5.91 Å². The monoisotopic (exact) mass is 275 g/mol. The summed E-state index contributed by atoms with van der Waals surface area (Å²) >= 11 is 0. The Morgan fingerprint density at radius 3 is 2.85 bits per heavy atom. The van der Waals surface area contributed by atoms with Crippen LogP contribution in [0.5, 0.6) is 0 Å². The molecule has 0 unspecified atom stereocenters. The number of fused-ring (bicyclic) bond motifs is 1. The first kappa shape index (κ1) is 14.5. The van der Waals surface area contributed by atoms with Gasteiger partial charge in [-0.25, -0.2) is 4.98 Å². The van der Waals surface area contributed by atoms with Crippen LogP contribution in [0.25, 0.3) is 5.65 Å². The molecule has 0 aliphatic rings. The third-order valence-electron chi connectivity index (χ3n) is 3.30. The predicted octanol–water partition coefficient (Wildman–Crippen LogP) is 1.93. The van der Waals surface area contributed by atoms with E-state index in [1.54, 1.807) is 6.20 Å². The third-order valence-corrected chi connectivity index (χ3v) is 3.30. The van der Waals surface area contributed by atoms with Crippen LogP contribution in [-0.2, 0) is 0 Å². The van der Waals surface area contributed by atoms with Gasteiger partial charge in [-0.15, -0.1) is 0 Å². The molecule has 2 heterocycles. The van der Waals surface area contributed by atoms with Gasteiger partial charge in [0.05, 0.1) is 0 Å². The van der Waals surface area contributed by atoms with Crippen LogP contribution in [0.3, 0.4) is 0 Å². The lowest BCUT2D eigenvalue weighted by Gasteiger charge is -2.02. The van der Waals surface area contributed by atoms with Gasteiger partial charge < -0.3 is 14.8 Å². The lowest BCUT2D eigenvalue weighted by molar-refractivity contribution is 0.0948. The molecule has 20 heavy (non-hydrogen) atoms. The molecular weight excluding hydrogens is 254 g/mol. The first-order valence-corrected chi connectivity index (χ1v) is 7.06. The first-order chi connectivity index (χ1) is 9.72. The summed E-state index contributed by atoms with van der Waals surface area (Å²) < 4.78 is 1.91. The quantitative estimate of drug-likeness (QED) is 0.759. The minimum absolute atomic E-state index is 0.129. The Kier molecular flexibility index (Phi) is 5.12. The van der Waals surface area contributed by atoms with Gasteiger partial charge in [-0.1, -0.05) is 18.9 Å². The zero-order valence-electron chi connectivity index (χ0n) is 11.8. The van der Waals surface area contributed by atoms with Crippen molar-refractivity contribution in [3.63, 3.8) is 0 Å². The molecule has 0 saturated carbocycles. The number of aliphatic hydroxyl groups is 1. The van der Waals surface area contributed by atoms with Crippen molar-refractivity contribution in [2.45, 2.75) is 32.6 Å². The minimum Gasteiger partial charge on any atom is -0.396 e. The second kappa shape index (κ2) is 7.05. The highest BCUT2D eigenvalue weighted by Crippen LogP contribution is 2.08. The van der Waals surface area contributed by atoms with E-state index in [0.29, 0.717) is 12.2 Å². The van der Waals surface area contributed by atoms with Crippen LogP contribution >= 0.6 is 0 Å². The van der Waals surface area contributed by atoms with Crippen LogP contribution in [0.15, 0.2) is 24.4 Å². The van der Waals surface area contributed by atoms with Gasteiger partial charge in [-0.3, -0.25) is 4.79 Å². The lowest BCUT2D eigenvalue weighted by Crippen LogP contribution is -2.24. The highest BCUT2D eigenvalue weighted by Gasteiger charge is 2.10. The van der Waals surface area contributed by atoms with Crippen molar-refractivity contribution in [3.05, 3.63) is 35.8 Å². The predicted molar refractivity (Wildman–Crippen MR) is 77.8 cm³/mol. The van der Waals surface area contributed by atoms with Crippen molar-refractivity contribution in [2.75, 3.05) is 13.2 Å². The standard InChI is InChI=1S/C15H21N3O2/c1-12-7-6-8-14-17-13(11-18(12)14)15(20)16-9-4-2-3-5-10-19/h6-8,11,19H,2-5,9-10H2,1H3,(H,16,20). The largest absolute Gasteiger partial charge is 0.396 e. The molecule has 0 aliphatic heterocycles. The van der Waals surface area contributed by atoms with Gasteiger partial charge in [0.2, 0.25) is 0 Å². The summed E-state index contributed by atoms with van der Waals surface area (Å²) in [6, 6.07) is 5.80. The Balaban J connectivity index is 1.86. The number of pyridine rings is 1. The summed E-state index contributed by atoms with van der Waals surface area (Å²) in [6.45, 7) is 2.88. The number of nitrogens with one attached hydrogen (secondary N) is 1. The highest BCUT2D eigenvalue weighted by atomic mass is 16.2. The molecular formula is C15H21N3O2. The molecule has 2 aromatic heterocycles. The molecule has 5 heteroatoms. The summed E-state index contributed by atoms with van der Waals surface area (Å²) in [5.74, 6) is -0.129. The molecule has 2 N–H and O–H groups in total. The number of imidazole rings is 1. The molecule has 0 radical (unpaired) electrons. The number of hydrogen-bond donors (Lipinski definition) is 2. The molecule has 5 nitrogen and oxygen atoms in total. The molecule has 2 aromatic rings. The highest BCUT2D eigenvalue weighted by molar-refractivity contribution is 5.92. The Morgan fingerprint density at radius 1 is 1.30 bits per heavy atom. The van der Waals surface area contributed by atoms with Gasteiger partial charge in [-0.05, 0) is 31.9 Å². The van der Waals surface area contributed by atoms with Crippen molar-refractivity contribution in [2.24, 2.45) is 0 Å². The Labute approximate surface area is 118 Å². The number of aliphatic hydroxyl groups excluding tert-OH is 1. The fraction of sp³-hybridized carbons (Fsp3) is 0.467. The Morgan fingerprint density at radius 2 is 2.10 bits per heavy atom. The molecule has 108 valence electrons. The molecule has 0 bridgehead atoms. The van der Waals surface area contributed by atoms with Crippen molar-refractivity contribution in [1.82, 2.24) is 14.7 Å². The summed E-state index contributed by atoms with van der Waals surface area (Å²) in [5.41, 5.74) is 2.30. The van der Waals surface area contributed by atoms with E-state index in [0.717, 1.165) is 37.0 Å². The zero-order valence-corrected chi connectivity index (χ0v) is 11.8. The van der Waals surface area contributed by atoms with Crippen molar-refractivity contribution in [1.29, 1.82) is 0 Å². The van der Waals surface area contributed by atoms with Gasteiger partial charge in [0.1, 0.15) is 11.3 Å². The summed E-state index contributed by atoms with van der Waals surface area (Å²) in [6.07, 6.45) is 5.55. The van der Waals surface area contributed by atoms with E-state index in [4.69, 9.17) is 5.11 Å². The van der Waals surface area contributed by atoms with E-state index >= 15 is 0 Å². The third kappa shape index (κ3) is 3.57. The van der Waals surface area contributed by atoms with Crippen molar-refractivity contribution < 1.29 is 9.90 Å². The summed E-state index contributed by atoms with van der Waals surface area (Å²) in [5, 5.41) is 11.5. The van der Waals surface area contributed by atoms with Gasteiger partial charge in [0, 0.05) is 25.0 Å². The van der Waals surface area contributed by atoms with E-state index in [-0.39, 0.29) is 12.5 Å². The van der Waals surface area contributed by atoms with Gasteiger partial charge in [0.15, 0.2) is 0 Å². The SMILES string of the molecule is Cc1cccc2nc(C(=O)NCCCCCCO)cn12. The number of carbonyl (C=O) groups excluding carboxylic acids is 1. The Hall–Kier alpha value is -1.88. The van der Waals surface area contributed by atoms with Gasteiger partial charge in [-0.2, -0.15) is 0 Å². The maximum Gasteiger partial charge on any atom is 0.271 e. The fourth-order valence-corrected chi connectivity index (χ4v) is 2.14. The number of nitrogens with zero attached hydrogens (tertiary/aromatic N) is 2. The minimum atomic E-state index is -0.129. The van der Waals surface area contributed by atoms with Crippen LogP contribution in [0, 0.1) is 6.92 Å². The number of aryl methyl sites for hydroxylation is 1. The second-order valence-corrected chi connectivity index (χ2v) is 4.92. The fourth-order valence-electron chi connectivity index (χ4n) is 2.14. The van der Waals surface area contributed by atoms with Crippen molar-refractivity contribution in [3.8, 4) is 0 Å². The summed E-state index contributed by atoms with van der Waals surface area (Å²) in [7, 11) is 0. The van der Waals surface area contributed by atoms with Crippen LogP contribution in [0.1, 0.15) is 41.9 Å². The number of aromatic nitrogens is 2. The molecule has 0 atom stereocenters. The summed E-state index contributed by atoms with van der Waals surface area (Å²) in [4.78, 5) is 16.3. The molecule has 0 aliphatic carbocycles. The molecule has 0 saturated heterocycles. The molecule has 2 rings (SSSR count). The number of unbranched alkanes of at least 4 members (excludes halogenated alkanes) is 3. The number of hydrogen-bond acceptors (Lipinski definition) is 3. The second-order valence-electron chi connectivity index (χ2n) is 4.92. The molecule has 0 aromatic carbocycles. The average Bonchev–Trinajstić information content (AvgIpc) is 2.88. The van der Waals surface area contributed by atoms with Crippen LogP contribution < -0.4 is 5.32 Å². The van der Waals surface area contributed by atoms with Crippen molar-refractivity contribution >= 4 is 11.6 Å². The first-order valence-electron chi connectivity index (χ1n) is 7.06. The number of rotatable bonds is 7. The van der Waals surface area contributed by atoms with E-state index in [1.165, 1.54) is 0 Å². The molecule has 0 spiro atoms. The van der Waals surface area contributed by atoms with Crippen LogP contribution in [0.2, 0.25) is 0 Å². The maximum absolute atomic E-state index is 12.0. The van der Waals surface area contributed by atoms with E-state index < -0.39 is 0 Å². The van der Waals surface area contributed by atoms with E-state index in [9.17, 15) is 4.79 Å². The molecule has 1 amide bonds. The topological polar surface area (TPSA) is 66.6 Å². The van der Waals surface area contributed by atoms with Crippen LogP contribution in [0.4, 0.5) is 0 Å².